The molecule has 3 heteroatoms. The molecule has 1 saturated heterocycles. The predicted molar refractivity (Wildman–Crippen MR) is 77.2 cm³/mol. The van der Waals surface area contributed by atoms with Crippen molar-refractivity contribution in [2.24, 2.45) is 5.73 Å². The zero-order valence-electron chi connectivity index (χ0n) is 11.5. The van der Waals surface area contributed by atoms with Crippen LogP contribution in [0.4, 0.5) is 0 Å². The van der Waals surface area contributed by atoms with Crippen molar-refractivity contribution >= 4 is 0 Å². The smallest absolute Gasteiger partial charge is 0.0700 e. The number of hydrogen-bond acceptors (Lipinski definition) is 3. The van der Waals surface area contributed by atoms with Crippen LogP contribution >= 0.6 is 0 Å². The van der Waals surface area contributed by atoms with Crippen molar-refractivity contribution in [3.05, 3.63) is 35.4 Å². The molecule has 3 N–H and O–H groups in total. The minimum atomic E-state index is 0.253. The number of hydrogen-bond donors (Lipinski definition) is 2. The molecule has 3 nitrogen and oxygen atoms in total. The van der Waals surface area contributed by atoms with Crippen LogP contribution in [0.1, 0.15) is 48.8 Å². The molecule has 0 aromatic heterocycles. The fraction of sp³-hybridized carbons (Fsp3) is 0.625. The Morgan fingerprint density at radius 1 is 1.32 bits per heavy atom. The second-order valence-corrected chi connectivity index (χ2v) is 5.78. The summed E-state index contributed by atoms with van der Waals surface area (Å²) in [6.07, 6.45) is 5.43. The first-order valence-corrected chi connectivity index (χ1v) is 7.51. The number of nitrogens with one attached hydrogen (secondary N) is 1. The molecule has 0 amide bonds. The molecule has 1 aromatic rings. The highest BCUT2D eigenvalue weighted by Gasteiger charge is 2.24. The lowest BCUT2D eigenvalue weighted by atomic mass is 10.0. The summed E-state index contributed by atoms with van der Waals surface area (Å²) in [6.45, 7) is 2.47. The van der Waals surface area contributed by atoms with Gasteiger partial charge in [0.25, 0.3) is 0 Å². The van der Waals surface area contributed by atoms with Gasteiger partial charge in [0.2, 0.25) is 0 Å². The van der Waals surface area contributed by atoms with Crippen LogP contribution in [-0.4, -0.2) is 25.8 Å². The molecule has 1 saturated carbocycles. The van der Waals surface area contributed by atoms with Gasteiger partial charge in [0.05, 0.1) is 6.10 Å². The second kappa shape index (κ2) is 6.04. The molecule has 2 atom stereocenters. The molecule has 0 bridgehead atoms. The molecule has 2 aliphatic rings. The Kier molecular flexibility index (Phi) is 4.16. The van der Waals surface area contributed by atoms with Crippen molar-refractivity contribution in [2.75, 3.05) is 19.7 Å². The number of rotatable bonds is 6. The maximum absolute atomic E-state index is 5.93. The first-order chi connectivity index (χ1) is 9.36. The van der Waals surface area contributed by atoms with E-state index in [0.29, 0.717) is 12.6 Å². The Labute approximate surface area is 115 Å². The molecule has 2 unspecified atom stereocenters. The highest BCUT2D eigenvalue weighted by atomic mass is 16.5. The van der Waals surface area contributed by atoms with Gasteiger partial charge in [-0.05, 0) is 42.7 Å². The van der Waals surface area contributed by atoms with E-state index in [4.69, 9.17) is 10.5 Å². The Balaban J connectivity index is 1.61. The molecule has 2 fully saturated rings. The quantitative estimate of drug-likeness (QED) is 0.825. The fourth-order valence-electron chi connectivity index (χ4n) is 2.86. The van der Waals surface area contributed by atoms with E-state index in [0.717, 1.165) is 19.1 Å². The maximum atomic E-state index is 5.93. The van der Waals surface area contributed by atoms with E-state index >= 15 is 0 Å². The summed E-state index contributed by atoms with van der Waals surface area (Å²) in [5.41, 5.74) is 8.73. The third kappa shape index (κ3) is 3.35. The van der Waals surface area contributed by atoms with Gasteiger partial charge in [0.1, 0.15) is 0 Å². The van der Waals surface area contributed by atoms with Crippen LogP contribution in [0, 0.1) is 0 Å². The van der Waals surface area contributed by atoms with E-state index in [1.165, 1.54) is 36.8 Å². The van der Waals surface area contributed by atoms with E-state index < -0.39 is 0 Å². The Morgan fingerprint density at radius 2 is 2.21 bits per heavy atom. The molecule has 1 heterocycles. The molecule has 1 aliphatic heterocycles. The summed E-state index contributed by atoms with van der Waals surface area (Å²) in [7, 11) is 0. The van der Waals surface area contributed by atoms with Crippen LogP contribution in [0.25, 0.3) is 0 Å². The molecule has 0 radical (unpaired) electrons. The average Bonchev–Trinajstić information content (AvgIpc) is 3.18. The first-order valence-electron chi connectivity index (χ1n) is 7.51. The highest BCUT2D eigenvalue weighted by molar-refractivity contribution is 5.31. The van der Waals surface area contributed by atoms with Gasteiger partial charge in [0.15, 0.2) is 0 Å². The lowest BCUT2D eigenvalue weighted by Gasteiger charge is -2.20. The molecule has 1 aromatic carbocycles. The van der Waals surface area contributed by atoms with E-state index in [2.05, 4.69) is 29.6 Å². The minimum Gasteiger partial charge on any atom is -0.377 e. The molecule has 19 heavy (non-hydrogen) atoms. The zero-order valence-corrected chi connectivity index (χ0v) is 11.5. The summed E-state index contributed by atoms with van der Waals surface area (Å²) >= 11 is 0. The molecule has 0 spiro atoms. The zero-order chi connectivity index (χ0) is 13.1. The average molecular weight is 260 g/mol. The van der Waals surface area contributed by atoms with Gasteiger partial charge < -0.3 is 15.8 Å². The van der Waals surface area contributed by atoms with Crippen molar-refractivity contribution < 1.29 is 4.74 Å². The first kappa shape index (κ1) is 13.1. The van der Waals surface area contributed by atoms with Gasteiger partial charge in [-0.3, -0.25) is 0 Å². The number of ether oxygens (including phenoxy) is 1. The molecule has 104 valence electrons. The van der Waals surface area contributed by atoms with Gasteiger partial charge in [-0.2, -0.15) is 0 Å². The monoisotopic (exact) mass is 260 g/mol. The predicted octanol–water partition coefficient (Wildman–Crippen LogP) is 2.33. The van der Waals surface area contributed by atoms with Gasteiger partial charge in [-0.1, -0.05) is 24.3 Å². The van der Waals surface area contributed by atoms with E-state index in [-0.39, 0.29) is 6.04 Å². The third-order valence-electron chi connectivity index (χ3n) is 4.21. The Bertz CT molecular complexity index is 411. The van der Waals surface area contributed by atoms with Gasteiger partial charge >= 0.3 is 0 Å². The standard InChI is InChI=1S/C16H24N2O/c17-10-16(18-11-15-5-2-8-19-15)14-4-1-3-13(9-14)12-6-7-12/h1,3-4,9,12,15-16,18H,2,5-8,10-11,17H2. The summed E-state index contributed by atoms with van der Waals surface area (Å²) in [4.78, 5) is 0. The largest absolute Gasteiger partial charge is 0.377 e. The topological polar surface area (TPSA) is 47.3 Å². The Hall–Kier alpha value is -0.900. The van der Waals surface area contributed by atoms with Crippen LogP contribution in [-0.2, 0) is 4.74 Å². The summed E-state index contributed by atoms with van der Waals surface area (Å²) in [6, 6.07) is 9.18. The Morgan fingerprint density at radius 3 is 2.89 bits per heavy atom. The highest BCUT2D eigenvalue weighted by Crippen LogP contribution is 2.40. The summed E-state index contributed by atoms with van der Waals surface area (Å²) in [5, 5.41) is 3.56. The van der Waals surface area contributed by atoms with E-state index in [1.54, 1.807) is 0 Å². The summed E-state index contributed by atoms with van der Waals surface area (Å²) < 4.78 is 5.65. The summed E-state index contributed by atoms with van der Waals surface area (Å²) in [5.74, 6) is 0.802. The van der Waals surface area contributed by atoms with Gasteiger partial charge in [-0.15, -0.1) is 0 Å². The lowest BCUT2D eigenvalue weighted by Crippen LogP contribution is -2.34. The van der Waals surface area contributed by atoms with Crippen LogP contribution in [0.15, 0.2) is 24.3 Å². The van der Waals surface area contributed by atoms with Crippen LogP contribution < -0.4 is 11.1 Å². The van der Waals surface area contributed by atoms with Gasteiger partial charge in [0, 0.05) is 25.7 Å². The van der Waals surface area contributed by atoms with Crippen molar-refractivity contribution in [3.8, 4) is 0 Å². The fourth-order valence-corrected chi connectivity index (χ4v) is 2.86. The lowest BCUT2D eigenvalue weighted by molar-refractivity contribution is 0.107. The van der Waals surface area contributed by atoms with Crippen molar-refractivity contribution in [1.29, 1.82) is 0 Å². The van der Waals surface area contributed by atoms with Crippen molar-refractivity contribution in [3.63, 3.8) is 0 Å². The van der Waals surface area contributed by atoms with E-state index in [9.17, 15) is 0 Å². The van der Waals surface area contributed by atoms with Crippen LogP contribution in [0.3, 0.4) is 0 Å². The maximum Gasteiger partial charge on any atom is 0.0700 e. The minimum absolute atomic E-state index is 0.253. The normalized spacial score (nSPS) is 24.6. The SMILES string of the molecule is NCC(NCC1CCCO1)c1cccc(C2CC2)c1. The molecular weight excluding hydrogens is 236 g/mol. The van der Waals surface area contributed by atoms with Crippen molar-refractivity contribution in [2.45, 2.75) is 43.7 Å². The number of benzene rings is 1. The van der Waals surface area contributed by atoms with Crippen LogP contribution in [0.5, 0.6) is 0 Å². The van der Waals surface area contributed by atoms with E-state index in [1.807, 2.05) is 0 Å². The van der Waals surface area contributed by atoms with Crippen LogP contribution in [0.2, 0.25) is 0 Å². The molecule has 3 rings (SSSR count). The van der Waals surface area contributed by atoms with Gasteiger partial charge in [-0.25, -0.2) is 0 Å². The molecule has 1 aliphatic carbocycles. The van der Waals surface area contributed by atoms with Crippen molar-refractivity contribution in [1.82, 2.24) is 5.32 Å². The number of nitrogens with two attached hydrogens (primary N) is 1. The second-order valence-electron chi connectivity index (χ2n) is 5.78. The third-order valence-corrected chi connectivity index (χ3v) is 4.21. The molecular formula is C16H24N2O.